The number of aryl methyl sites for hydroxylation is 1. The first-order valence-electron chi connectivity index (χ1n) is 10.6. The van der Waals surface area contributed by atoms with Crippen LogP contribution in [0.2, 0.25) is 0 Å². The van der Waals surface area contributed by atoms with Crippen molar-refractivity contribution in [3.05, 3.63) is 54.5 Å². The number of pyridine rings is 1. The average molecular weight is 416 g/mol. The number of aliphatic hydroxyl groups excluding tert-OH is 2. The smallest absolute Gasteiger partial charge is 0.145 e. The molecule has 8 heteroatoms. The Kier molecular flexibility index (Phi) is 3.82. The highest BCUT2D eigenvalue weighted by molar-refractivity contribution is 5.86. The third-order valence-electron chi connectivity index (χ3n) is 7.37. The summed E-state index contributed by atoms with van der Waals surface area (Å²) in [6.45, 7) is 0. The first-order chi connectivity index (χ1) is 15.0. The molecule has 2 saturated carbocycles. The van der Waals surface area contributed by atoms with Crippen molar-refractivity contribution in [2.45, 2.75) is 37.5 Å². The van der Waals surface area contributed by atoms with Crippen molar-refractivity contribution in [2.24, 2.45) is 11.3 Å². The molecule has 8 nitrogen and oxygen atoms in total. The van der Waals surface area contributed by atoms with Crippen LogP contribution < -0.4 is 11.5 Å². The minimum Gasteiger partial charge on any atom is -0.390 e. The van der Waals surface area contributed by atoms with E-state index in [0.717, 1.165) is 41.1 Å². The van der Waals surface area contributed by atoms with Crippen LogP contribution in [-0.2, 0) is 6.42 Å². The van der Waals surface area contributed by atoms with Crippen molar-refractivity contribution in [1.29, 1.82) is 0 Å². The Balaban J connectivity index is 1.27. The lowest BCUT2D eigenvalue weighted by Gasteiger charge is -2.24. The molecule has 4 aromatic rings. The number of nitrogens with two attached hydrogens (primary N) is 2. The number of hydrogen-bond acceptors (Lipinski definition) is 7. The van der Waals surface area contributed by atoms with Gasteiger partial charge in [0.15, 0.2) is 0 Å². The molecule has 2 aliphatic rings. The van der Waals surface area contributed by atoms with Crippen molar-refractivity contribution in [2.75, 3.05) is 11.5 Å². The number of aromatic nitrogens is 4. The van der Waals surface area contributed by atoms with E-state index in [1.165, 1.54) is 6.33 Å². The van der Waals surface area contributed by atoms with Crippen molar-refractivity contribution < 1.29 is 10.2 Å². The minimum absolute atomic E-state index is 0.193. The molecule has 0 aliphatic heterocycles. The molecule has 0 radical (unpaired) electrons. The van der Waals surface area contributed by atoms with Gasteiger partial charge in [-0.05, 0) is 55.0 Å². The molecule has 0 spiro atoms. The zero-order valence-electron chi connectivity index (χ0n) is 16.9. The largest absolute Gasteiger partial charge is 0.390 e. The molecule has 3 aromatic heterocycles. The van der Waals surface area contributed by atoms with Crippen LogP contribution in [0.3, 0.4) is 0 Å². The highest BCUT2D eigenvalue weighted by atomic mass is 16.3. The summed E-state index contributed by atoms with van der Waals surface area (Å²) < 4.78 is 1.96. The van der Waals surface area contributed by atoms with E-state index in [2.05, 4.69) is 33.2 Å². The van der Waals surface area contributed by atoms with E-state index < -0.39 is 12.2 Å². The first-order valence-corrected chi connectivity index (χ1v) is 10.6. The van der Waals surface area contributed by atoms with Gasteiger partial charge < -0.3 is 26.2 Å². The lowest BCUT2D eigenvalue weighted by atomic mass is 9.91. The summed E-state index contributed by atoms with van der Waals surface area (Å²) in [5, 5.41) is 23.7. The molecule has 6 N–H and O–H groups in total. The van der Waals surface area contributed by atoms with Gasteiger partial charge in [0.25, 0.3) is 0 Å². The summed E-state index contributed by atoms with van der Waals surface area (Å²) in [6, 6.07) is 11.6. The van der Waals surface area contributed by atoms with Gasteiger partial charge in [0.2, 0.25) is 0 Å². The highest BCUT2D eigenvalue weighted by Crippen LogP contribution is 2.69. The molecule has 0 bridgehead atoms. The number of nitrogens with zero attached hydrogens (tertiary/aromatic N) is 4. The zero-order valence-corrected chi connectivity index (χ0v) is 16.9. The fourth-order valence-corrected chi connectivity index (χ4v) is 5.65. The zero-order chi connectivity index (χ0) is 21.3. The molecular formula is C23H24N6O2. The molecular weight excluding hydrogens is 392 g/mol. The number of aliphatic hydroxyl groups is 2. The molecule has 0 saturated heterocycles. The van der Waals surface area contributed by atoms with Crippen LogP contribution in [0.25, 0.3) is 21.9 Å². The number of hydrogen-bond donors (Lipinski definition) is 4. The summed E-state index contributed by atoms with van der Waals surface area (Å²) in [5.41, 5.74) is 14.3. The number of nitrogen functional groups attached to an aromatic ring is 2. The topological polar surface area (TPSA) is 136 Å². The monoisotopic (exact) mass is 416 g/mol. The van der Waals surface area contributed by atoms with Gasteiger partial charge in [-0.1, -0.05) is 12.1 Å². The van der Waals surface area contributed by atoms with E-state index in [1.807, 2.05) is 22.9 Å². The fourth-order valence-electron chi connectivity index (χ4n) is 5.65. The van der Waals surface area contributed by atoms with Crippen molar-refractivity contribution in [3.63, 3.8) is 0 Å². The van der Waals surface area contributed by atoms with Gasteiger partial charge in [-0.3, -0.25) is 0 Å². The van der Waals surface area contributed by atoms with Crippen LogP contribution in [0.1, 0.15) is 24.4 Å². The predicted octanol–water partition coefficient (Wildman–Crippen LogP) is 2.06. The summed E-state index contributed by atoms with van der Waals surface area (Å²) in [7, 11) is 0. The van der Waals surface area contributed by atoms with E-state index in [9.17, 15) is 10.2 Å². The number of rotatable bonds is 4. The van der Waals surface area contributed by atoms with Gasteiger partial charge in [0, 0.05) is 17.0 Å². The third kappa shape index (κ3) is 2.65. The molecule has 5 atom stereocenters. The summed E-state index contributed by atoms with van der Waals surface area (Å²) in [4.78, 5) is 12.8. The van der Waals surface area contributed by atoms with Crippen molar-refractivity contribution in [3.8, 4) is 0 Å². The summed E-state index contributed by atoms with van der Waals surface area (Å²) >= 11 is 0. The van der Waals surface area contributed by atoms with Crippen LogP contribution in [0, 0.1) is 11.3 Å². The second kappa shape index (κ2) is 6.38. The number of benzene rings is 1. The molecule has 0 amide bonds. The minimum atomic E-state index is -0.844. The maximum absolute atomic E-state index is 11.0. The van der Waals surface area contributed by atoms with Gasteiger partial charge in [-0.15, -0.1) is 0 Å². The molecule has 0 unspecified atom stereocenters. The van der Waals surface area contributed by atoms with E-state index in [-0.39, 0.29) is 17.4 Å². The Morgan fingerprint density at radius 2 is 1.94 bits per heavy atom. The fraction of sp³-hybridized carbons (Fsp3) is 0.348. The maximum Gasteiger partial charge on any atom is 0.145 e. The lowest BCUT2D eigenvalue weighted by Crippen LogP contribution is -2.34. The van der Waals surface area contributed by atoms with Gasteiger partial charge in [-0.25, -0.2) is 15.0 Å². The molecule has 158 valence electrons. The van der Waals surface area contributed by atoms with Gasteiger partial charge >= 0.3 is 0 Å². The Morgan fingerprint density at radius 3 is 2.81 bits per heavy atom. The maximum atomic E-state index is 11.0. The SMILES string of the molecule is Nc1ccc2ccc(CC[C@]34C[C@@H]3[C@@H](n3ccc5c(N)ncnc53)[C@H](O)[C@@H]4O)cc2n1. The van der Waals surface area contributed by atoms with Crippen LogP contribution in [0.4, 0.5) is 11.6 Å². The quantitative estimate of drug-likeness (QED) is 0.400. The molecule has 31 heavy (non-hydrogen) atoms. The van der Waals surface area contributed by atoms with E-state index in [0.29, 0.717) is 17.3 Å². The number of anilines is 2. The van der Waals surface area contributed by atoms with E-state index >= 15 is 0 Å². The van der Waals surface area contributed by atoms with Crippen LogP contribution in [0.5, 0.6) is 0 Å². The Labute approximate surface area is 178 Å². The molecule has 3 heterocycles. The molecule has 2 fully saturated rings. The highest BCUT2D eigenvalue weighted by Gasteiger charge is 2.70. The van der Waals surface area contributed by atoms with E-state index in [1.54, 1.807) is 6.07 Å². The molecule has 1 aromatic carbocycles. The average Bonchev–Trinajstić information content (AvgIpc) is 3.25. The van der Waals surface area contributed by atoms with E-state index in [4.69, 9.17) is 11.5 Å². The Bertz CT molecular complexity index is 1320. The second-order valence-corrected chi connectivity index (χ2v) is 8.95. The molecule has 2 aliphatic carbocycles. The van der Waals surface area contributed by atoms with Crippen LogP contribution in [-0.4, -0.2) is 41.9 Å². The van der Waals surface area contributed by atoms with Gasteiger partial charge in [-0.2, -0.15) is 0 Å². The normalized spacial score (nSPS) is 29.5. The number of fused-ring (bicyclic) bond motifs is 3. The lowest BCUT2D eigenvalue weighted by molar-refractivity contribution is -0.0191. The van der Waals surface area contributed by atoms with Crippen molar-refractivity contribution in [1.82, 2.24) is 19.5 Å². The Morgan fingerprint density at radius 1 is 1.10 bits per heavy atom. The third-order valence-corrected chi connectivity index (χ3v) is 7.37. The second-order valence-electron chi connectivity index (χ2n) is 8.95. The standard InChI is InChI=1S/C23H24N6O2/c24-17-4-3-13-2-1-12(9-16(13)28-17)5-7-23-10-15(23)18(19(30)20(23)31)29-8-6-14-21(25)26-11-27-22(14)29/h1-4,6,8-9,11,15,18-20,30-31H,5,7,10H2,(H2,24,28)(H2,25,26,27)/t15-,18-,19+,20+,23+/m1/s1. The van der Waals surface area contributed by atoms with Gasteiger partial charge in [0.05, 0.1) is 23.0 Å². The van der Waals surface area contributed by atoms with Crippen LogP contribution in [0.15, 0.2) is 48.9 Å². The Hall–Kier alpha value is -3.23. The van der Waals surface area contributed by atoms with Crippen molar-refractivity contribution >= 4 is 33.6 Å². The summed E-state index contributed by atoms with van der Waals surface area (Å²) in [5.74, 6) is 1.12. The molecule has 6 rings (SSSR count). The first kappa shape index (κ1) is 18.5. The van der Waals surface area contributed by atoms with Crippen LogP contribution >= 0.6 is 0 Å². The summed E-state index contributed by atoms with van der Waals surface area (Å²) in [6.07, 6.45) is 4.21. The predicted molar refractivity (Wildman–Crippen MR) is 118 cm³/mol. The van der Waals surface area contributed by atoms with Gasteiger partial charge in [0.1, 0.15) is 29.7 Å².